The van der Waals surface area contributed by atoms with E-state index in [4.69, 9.17) is 14.2 Å². The summed E-state index contributed by atoms with van der Waals surface area (Å²) < 4.78 is 18.7. The molecule has 0 fully saturated rings. The van der Waals surface area contributed by atoms with Crippen molar-refractivity contribution in [3.8, 4) is 28.4 Å². The number of rotatable bonds is 17. The third-order valence-electron chi connectivity index (χ3n) is 6.35. The Kier molecular flexibility index (Phi) is 11.9. The Morgan fingerprint density at radius 1 is 0.600 bits per heavy atom. The number of benzene rings is 1. The minimum atomic E-state index is 0.738. The molecule has 188 valence electrons. The van der Waals surface area contributed by atoms with Crippen LogP contribution in [0.3, 0.4) is 0 Å². The lowest BCUT2D eigenvalue weighted by Gasteiger charge is -2.10. The fourth-order valence-corrected chi connectivity index (χ4v) is 4.24. The van der Waals surface area contributed by atoms with Crippen LogP contribution in [-0.2, 0) is 6.54 Å². The molecule has 0 unspecified atom stereocenters. The summed E-state index contributed by atoms with van der Waals surface area (Å²) in [6, 6.07) is 14.3. The maximum Gasteiger partial charge on any atom is 0.169 e. The Labute approximate surface area is 211 Å². The molecular formula is C30H42N2O3+2. The molecule has 3 rings (SSSR count). The van der Waals surface area contributed by atoms with Crippen molar-refractivity contribution in [2.24, 2.45) is 0 Å². The highest BCUT2D eigenvalue weighted by molar-refractivity contribution is 5.60. The van der Waals surface area contributed by atoms with Gasteiger partial charge in [0, 0.05) is 48.9 Å². The molecule has 0 aliphatic rings. The molecule has 0 saturated heterocycles. The van der Waals surface area contributed by atoms with Crippen LogP contribution in [-0.4, -0.2) is 20.8 Å². The molecule has 0 atom stereocenters. The quantitative estimate of drug-likeness (QED) is 0.165. The summed E-state index contributed by atoms with van der Waals surface area (Å²) in [5.41, 5.74) is 2.51. The first-order valence-electron chi connectivity index (χ1n) is 13.1. The number of hydrogen-bond acceptors (Lipinski definition) is 3. The number of nitrogens with zero attached hydrogens (tertiary/aromatic N) is 1. The van der Waals surface area contributed by atoms with E-state index < -0.39 is 0 Å². The third-order valence-corrected chi connectivity index (χ3v) is 6.35. The number of ether oxygens (including phenoxy) is 3. The molecule has 3 aromatic rings. The lowest BCUT2D eigenvalue weighted by molar-refractivity contribution is -0.697. The van der Waals surface area contributed by atoms with Gasteiger partial charge in [0.1, 0.15) is 23.8 Å². The van der Waals surface area contributed by atoms with Crippen LogP contribution < -0.4 is 23.8 Å². The molecule has 0 radical (unpaired) electrons. The molecule has 2 heterocycles. The third kappa shape index (κ3) is 9.97. The number of H-pyrrole nitrogens is 1. The van der Waals surface area contributed by atoms with Gasteiger partial charge in [0.05, 0.1) is 20.8 Å². The standard InChI is InChI=1S/C30H41N2O3/c1-33-28-23-29(34-2)25-30(24-28)35-22-12-10-8-6-4-3-5-7-9-11-19-32-20-15-27(16-21-32)26-13-17-31-18-14-26/h13-18,20-21,23-25H,3-12,19,22H2,1-2H3/q+1/p+1. The number of nitrogens with one attached hydrogen (secondary N) is 1. The zero-order valence-electron chi connectivity index (χ0n) is 21.5. The van der Waals surface area contributed by atoms with E-state index in [1.54, 1.807) is 14.2 Å². The van der Waals surface area contributed by atoms with Crippen molar-refractivity contribution in [1.82, 2.24) is 0 Å². The van der Waals surface area contributed by atoms with Gasteiger partial charge in [-0.25, -0.2) is 9.55 Å². The van der Waals surface area contributed by atoms with Crippen LogP contribution in [0.25, 0.3) is 11.1 Å². The number of methoxy groups -OCH3 is 2. The van der Waals surface area contributed by atoms with E-state index in [1.165, 1.54) is 68.9 Å². The number of unbranched alkanes of at least 4 members (excludes halogenated alkanes) is 9. The van der Waals surface area contributed by atoms with Crippen molar-refractivity contribution in [3.63, 3.8) is 0 Å². The molecule has 0 spiro atoms. The van der Waals surface area contributed by atoms with Gasteiger partial charge in [0.15, 0.2) is 24.8 Å². The van der Waals surface area contributed by atoms with Crippen molar-refractivity contribution in [3.05, 3.63) is 67.3 Å². The second-order valence-electron chi connectivity index (χ2n) is 9.05. The SMILES string of the molecule is COc1cc(OC)cc(OCCCCCCCCCCCC[n+]2ccc(-c3cc[nH+]cc3)cc2)c1. The zero-order chi connectivity index (χ0) is 24.6. The van der Waals surface area contributed by atoms with Gasteiger partial charge in [0.2, 0.25) is 0 Å². The number of hydrogen-bond donors (Lipinski definition) is 0. The molecule has 1 aromatic carbocycles. The predicted octanol–water partition coefficient (Wildman–Crippen LogP) is 6.45. The number of aromatic amines is 1. The van der Waals surface area contributed by atoms with Crippen LogP contribution in [0.5, 0.6) is 17.2 Å². The highest BCUT2D eigenvalue weighted by Gasteiger charge is 2.04. The predicted molar refractivity (Wildman–Crippen MR) is 140 cm³/mol. The highest BCUT2D eigenvalue weighted by atomic mass is 16.5. The average Bonchev–Trinajstić information content (AvgIpc) is 2.91. The molecule has 0 amide bonds. The first kappa shape index (κ1) is 26.5. The van der Waals surface area contributed by atoms with Crippen LogP contribution in [0.2, 0.25) is 0 Å². The molecule has 0 aliphatic heterocycles. The summed E-state index contributed by atoms with van der Waals surface area (Å²) in [4.78, 5) is 3.07. The van der Waals surface area contributed by atoms with Crippen molar-refractivity contribution >= 4 is 0 Å². The Morgan fingerprint density at radius 3 is 1.66 bits per heavy atom. The molecule has 0 aliphatic carbocycles. The van der Waals surface area contributed by atoms with E-state index in [0.717, 1.165) is 36.8 Å². The van der Waals surface area contributed by atoms with Crippen LogP contribution in [0.15, 0.2) is 67.3 Å². The number of pyridine rings is 2. The lowest BCUT2D eigenvalue weighted by atomic mass is 10.1. The van der Waals surface area contributed by atoms with Crippen molar-refractivity contribution in [2.45, 2.75) is 70.8 Å². The monoisotopic (exact) mass is 478 g/mol. The summed E-state index contributed by atoms with van der Waals surface area (Å²) in [5.74, 6) is 2.33. The Morgan fingerprint density at radius 2 is 1.09 bits per heavy atom. The Bertz CT molecular complexity index is 939. The van der Waals surface area contributed by atoms with Crippen molar-refractivity contribution < 1.29 is 23.8 Å². The fraction of sp³-hybridized carbons (Fsp3) is 0.467. The molecule has 5 heteroatoms. The topological polar surface area (TPSA) is 45.7 Å². The normalized spacial score (nSPS) is 10.8. The molecule has 2 aromatic heterocycles. The fourth-order valence-electron chi connectivity index (χ4n) is 4.24. The Balaban J connectivity index is 1.14. The lowest BCUT2D eigenvalue weighted by Crippen LogP contribution is -2.32. The van der Waals surface area contributed by atoms with Gasteiger partial charge in [-0.3, -0.25) is 0 Å². The van der Waals surface area contributed by atoms with Gasteiger partial charge in [-0.1, -0.05) is 44.9 Å². The zero-order valence-corrected chi connectivity index (χ0v) is 21.5. The van der Waals surface area contributed by atoms with Crippen molar-refractivity contribution in [1.29, 1.82) is 0 Å². The van der Waals surface area contributed by atoms with Crippen LogP contribution in [0, 0.1) is 0 Å². The maximum absolute atomic E-state index is 5.87. The highest BCUT2D eigenvalue weighted by Crippen LogP contribution is 2.27. The summed E-state index contributed by atoms with van der Waals surface area (Å²) in [7, 11) is 3.31. The van der Waals surface area contributed by atoms with E-state index in [9.17, 15) is 0 Å². The first-order chi connectivity index (χ1) is 17.3. The van der Waals surface area contributed by atoms with Crippen molar-refractivity contribution in [2.75, 3.05) is 20.8 Å². The minimum absolute atomic E-state index is 0.738. The number of aryl methyl sites for hydroxylation is 1. The smallest absolute Gasteiger partial charge is 0.169 e. The van der Waals surface area contributed by atoms with Gasteiger partial charge >= 0.3 is 0 Å². The summed E-state index contributed by atoms with van der Waals surface area (Å²) in [5, 5.41) is 0. The van der Waals surface area contributed by atoms with Gasteiger partial charge in [0.25, 0.3) is 0 Å². The largest absolute Gasteiger partial charge is 0.496 e. The molecule has 1 N–H and O–H groups in total. The summed E-state index contributed by atoms with van der Waals surface area (Å²) in [6.07, 6.45) is 21.2. The van der Waals surface area contributed by atoms with Crippen LogP contribution in [0.1, 0.15) is 64.2 Å². The molecule has 0 saturated carbocycles. The van der Waals surface area contributed by atoms with E-state index in [0.29, 0.717) is 0 Å². The maximum atomic E-state index is 5.87. The first-order valence-corrected chi connectivity index (χ1v) is 13.1. The van der Waals surface area contributed by atoms with Crippen LogP contribution in [0.4, 0.5) is 0 Å². The summed E-state index contributed by atoms with van der Waals surface area (Å²) in [6.45, 7) is 1.84. The Hall–Kier alpha value is -3.08. The summed E-state index contributed by atoms with van der Waals surface area (Å²) >= 11 is 0. The number of aromatic nitrogens is 2. The molecule has 0 bridgehead atoms. The van der Waals surface area contributed by atoms with Gasteiger partial charge in [-0.2, -0.15) is 0 Å². The van der Waals surface area contributed by atoms with Gasteiger partial charge in [-0.05, 0) is 24.0 Å². The second-order valence-corrected chi connectivity index (χ2v) is 9.05. The van der Waals surface area contributed by atoms with E-state index >= 15 is 0 Å². The molecule has 35 heavy (non-hydrogen) atoms. The van der Waals surface area contributed by atoms with E-state index in [-0.39, 0.29) is 0 Å². The minimum Gasteiger partial charge on any atom is -0.496 e. The van der Waals surface area contributed by atoms with E-state index in [1.807, 2.05) is 30.6 Å². The van der Waals surface area contributed by atoms with Gasteiger partial charge < -0.3 is 14.2 Å². The molecule has 5 nitrogen and oxygen atoms in total. The van der Waals surface area contributed by atoms with Gasteiger partial charge in [-0.15, -0.1) is 0 Å². The van der Waals surface area contributed by atoms with Crippen LogP contribution >= 0.6 is 0 Å². The van der Waals surface area contributed by atoms with E-state index in [2.05, 4.69) is 46.2 Å². The average molecular weight is 479 g/mol. The molecular weight excluding hydrogens is 436 g/mol. The second kappa shape index (κ2) is 15.8.